The molecule has 0 radical (unpaired) electrons. The van der Waals surface area contributed by atoms with Crippen LogP contribution in [0.5, 0.6) is 11.5 Å². The lowest BCUT2D eigenvalue weighted by Gasteiger charge is -2.12. The summed E-state index contributed by atoms with van der Waals surface area (Å²) in [5.74, 6) is -0.0953. The van der Waals surface area contributed by atoms with Gasteiger partial charge in [-0.25, -0.2) is 4.79 Å². The van der Waals surface area contributed by atoms with Crippen molar-refractivity contribution in [3.63, 3.8) is 0 Å². The van der Waals surface area contributed by atoms with Crippen molar-refractivity contribution in [3.05, 3.63) is 89.5 Å². The van der Waals surface area contributed by atoms with Crippen LogP contribution >= 0.6 is 0 Å². The van der Waals surface area contributed by atoms with Gasteiger partial charge in [-0.3, -0.25) is 4.79 Å². The Kier molecular flexibility index (Phi) is 7.65. The fourth-order valence-corrected chi connectivity index (χ4v) is 3.02. The monoisotopic (exact) mass is 419 g/mol. The number of esters is 1. The number of amides is 1. The molecule has 3 aromatic rings. The summed E-state index contributed by atoms with van der Waals surface area (Å²) in [6.07, 6.45) is 0.684. The molecule has 0 aliphatic carbocycles. The van der Waals surface area contributed by atoms with Crippen molar-refractivity contribution in [1.29, 1.82) is 0 Å². The van der Waals surface area contributed by atoms with Crippen LogP contribution in [0, 0.1) is 6.92 Å². The minimum absolute atomic E-state index is 0.322. The molecule has 0 aliphatic heterocycles. The molecule has 0 atom stereocenters. The van der Waals surface area contributed by atoms with E-state index in [1.54, 1.807) is 12.1 Å². The Bertz CT molecular complexity index is 1030. The van der Waals surface area contributed by atoms with E-state index in [2.05, 4.69) is 5.32 Å². The van der Waals surface area contributed by atoms with Gasteiger partial charge in [0.2, 0.25) is 0 Å². The summed E-state index contributed by atoms with van der Waals surface area (Å²) in [6, 6.07) is 22.9. The normalized spacial score (nSPS) is 10.3. The van der Waals surface area contributed by atoms with Gasteiger partial charge < -0.3 is 19.5 Å². The fraction of sp³-hybridized carbons (Fsp3) is 0.200. The third-order valence-electron chi connectivity index (χ3n) is 4.56. The molecule has 0 spiro atoms. The van der Waals surface area contributed by atoms with Crippen LogP contribution in [0.4, 0.5) is 5.69 Å². The van der Waals surface area contributed by atoms with Gasteiger partial charge in [0.15, 0.2) is 24.7 Å². The smallest absolute Gasteiger partial charge is 0.344 e. The Morgan fingerprint density at radius 1 is 0.871 bits per heavy atom. The lowest BCUT2D eigenvalue weighted by molar-refractivity contribution is -0.149. The van der Waals surface area contributed by atoms with Gasteiger partial charge in [0.1, 0.15) is 0 Å². The zero-order chi connectivity index (χ0) is 22.1. The van der Waals surface area contributed by atoms with Crippen LogP contribution in [0.2, 0.25) is 0 Å². The van der Waals surface area contributed by atoms with E-state index in [1.807, 2.05) is 67.6 Å². The molecule has 0 saturated carbocycles. The van der Waals surface area contributed by atoms with Crippen LogP contribution in [-0.4, -0.2) is 32.2 Å². The van der Waals surface area contributed by atoms with Gasteiger partial charge in [0.05, 0.1) is 7.11 Å². The SMILES string of the molecule is COc1cc(C)ccc1OCC(=O)OCC(=O)Nc1ccccc1Cc1ccccc1. The number of ether oxygens (including phenoxy) is 3. The number of benzene rings is 3. The largest absolute Gasteiger partial charge is 0.493 e. The van der Waals surface area contributed by atoms with Gasteiger partial charge in [-0.2, -0.15) is 0 Å². The zero-order valence-corrected chi connectivity index (χ0v) is 17.6. The number of carbonyl (C=O) groups is 2. The first-order valence-electron chi connectivity index (χ1n) is 9.90. The minimum atomic E-state index is -0.643. The summed E-state index contributed by atoms with van der Waals surface area (Å²) < 4.78 is 15.7. The average molecular weight is 419 g/mol. The second-order valence-electron chi connectivity index (χ2n) is 6.97. The first kappa shape index (κ1) is 21.9. The first-order chi connectivity index (χ1) is 15.0. The van der Waals surface area contributed by atoms with E-state index in [0.717, 1.165) is 16.7 Å². The molecular weight excluding hydrogens is 394 g/mol. The highest BCUT2D eigenvalue weighted by atomic mass is 16.6. The predicted octanol–water partition coefficient (Wildman–Crippen LogP) is 4.16. The summed E-state index contributed by atoms with van der Waals surface area (Å²) in [7, 11) is 1.53. The van der Waals surface area contributed by atoms with Crippen LogP contribution in [-0.2, 0) is 20.7 Å². The third kappa shape index (κ3) is 6.60. The van der Waals surface area contributed by atoms with Crippen molar-refractivity contribution in [2.45, 2.75) is 13.3 Å². The van der Waals surface area contributed by atoms with Gasteiger partial charge >= 0.3 is 5.97 Å². The number of para-hydroxylation sites is 1. The van der Waals surface area contributed by atoms with Crippen LogP contribution in [0.1, 0.15) is 16.7 Å². The van der Waals surface area contributed by atoms with Crippen LogP contribution < -0.4 is 14.8 Å². The van der Waals surface area contributed by atoms with E-state index in [4.69, 9.17) is 14.2 Å². The molecule has 6 nitrogen and oxygen atoms in total. The molecule has 31 heavy (non-hydrogen) atoms. The number of hydrogen-bond acceptors (Lipinski definition) is 5. The Balaban J connectivity index is 1.50. The molecular formula is C25H25NO5. The number of methoxy groups -OCH3 is 1. The molecule has 0 heterocycles. The van der Waals surface area contributed by atoms with E-state index < -0.39 is 18.5 Å². The van der Waals surface area contributed by atoms with Crippen LogP contribution in [0.3, 0.4) is 0 Å². The quantitative estimate of drug-likeness (QED) is 0.528. The second kappa shape index (κ2) is 10.8. The molecule has 160 valence electrons. The van der Waals surface area contributed by atoms with E-state index in [9.17, 15) is 9.59 Å². The summed E-state index contributed by atoms with van der Waals surface area (Å²) in [5, 5.41) is 2.81. The van der Waals surface area contributed by atoms with Crippen molar-refractivity contribution in [2.75, 3.05) is 25.6 Å². The Morgan fingerprint density at radius 2 is 1.61 bits per heavy atom. The lowest BCUT2D eigenvalue weighted by atomic mass is 10.0. The average Bonchev–Trinajstić information content (AvgIpc) is 2.78. The van der Waals surface area contributed by atoms with E-state index >= 15 is 0 Å². The number of rotatable bonds is 9. The Labute approximate surface area is 181 Å². The van der Waals surface area contributed by atoms with Gasteiger partial charge in [-0.05, 0) is 48.2 Å². The highest BCUT2D eigenvalue weighted by Gasteiger charge is 2.12. The van der Waals surface area contributed by atoms with Crippen molar-refractivity contribution in [1.82, 2.24) is 0 Å². The van der Waals surface area contributed by atoms with E-state index in [1.165, 1.54) is 7.11 Å². The van der Waals surface area contributed by atoms with Gasteiger partial charge in [0.25, 0.3) is 5.91 Å². The fourth-order valence-electron chi connectivity index (χ4n) is 3.02. The lowest BCUT2D eigenvalue weighted by Crippen LogP contribution is -2.24. The maximum Gasteiger partial charge on any atom is 0.344 e. The number of nitrogens with one attached hydrogen (secondary N) is 1. The van der Waals surface area contributed by atoms with Gasteiger partial charge in [0, 0.05) is 5.69 Å². The molecule has 1 N–H and O–H groups in total. The van der Waals surface area contributed by atoms with E-state index in [-0.39, 0.29) is 6.61 Å². The molecule has 0 aromatic heterocycles. The summed E-state index contributed by atoms with van der Waals surface area (Å²) in [5.41, 5.74) is 3.81. The van der Waals surface area contributed by atoms with E-state index in [0.29, 0.717) is 23.6 Å². The van der Waals surface area contributed by atoms with Crippen molar-refractivity contribution in [3.8, 4) is 11.5 Å². The molecule has 0 saturated heterocycles. The summed E-state index contributed by atoms with van der Waals surface area (Å²) >= 11 is 0. The molecule has 1 amide bonds. The topological polar surface area (TPSA) is 73.9 Å². The molecule has 3 rings (SSSR count). The zero-order valence-electron chi connectivity index (χ0n) is 17.6. The number of hydrogen-bond donors (Lipinski definition) is 1. The third-order valence-corrected chi connectivity index (χ3v) is 4.56. The number of aryl methyl sites for hydroxylation is 1. The minimum Gasteiger partial charge on any atom is -0.493 e. The number of anilines is 1. The maximum atomic E-state index is 12.3. The molecule has 0 unspecified atom stereocenters. The Hall–Kier alpha value is -3.80. The first-order valence-corrected chi connectivity index (χ1v) is 9.90. The van der Waals surface area contributed by atoms with Gasteiger partial charge in [-0.1, -0.05) is 54.6 Å². The van der Waals surface area contributed by atoms with Gasteiger partial charge in [-0.15, -0.1) is 0 Å². The molecule has 0 bridgehead atoms. The van der Waals surface area contributed by atoms with Crippen LogP contribution in [0.25, 0.3) is 0 Å². The highest BCUT2D eigenvalue weighted by Crippen LogP contribution is 2.27. The summed E-state index contributed by atoms with van der Waals surface area (Å²) in [4.78, 5) is 24.3. The molecule has 0 aliphatic rings. The highest BCUT2D eigenvalue weighted by molar-refractivity contribution is 5.93. The Morgan fingerprint density at radius 3 is 2.39 bits per heavy atom. The predicted molar refractivity (Wildman–Crippen MR) is 119 cm³/mol. The number of carbonyl (C=O) groups excluding carboxylic acids is 2. The molecule has 0 fully saturated rings. The van der Waals surface area contributed by atoms with Crippen LogP contribution in [0.15, 0.2) is 72.8 Å². The molecule has 6 heteroatoms. The molecule has 3 aromatic carbocycles. The van der Waals surface area contributed by atoms with Crippen molar-refractivity contribution in [2.24, 2.45) is 0 Å². The van der Waals surface area contributed by atoms with Crippen molar-refractivity contribution >= 4 is 17.6 Å². The second-order valence-corrected chi connectivity index (χ2v) is 6.97. The maximum absolute atomic E-state index is 12.3. The standard InChI is InChI=1S/C25H25NO5/c1-18-12-13-22(23(14-18)29-2)30-17-25(28)31-16-24(27)26-21-11-7-6-10-20(21)15-19-8-4-3-5-9-19/h3-14H,15-17H2,1-2H3,(H,26,27). The van der Waals surface area contributed by atoms with Crippen molar-refractivity contribution < 1.29 is 23.8 Å². The summed E-state index contributed by atoms with van der Waals surface area (Å²) in [6.45, 7) is 1.21.